The van der Waals surface area contributed by atoms with Crippen LogP contribution in [-0.4, -0.2) is 54.9 Å². The number of hydrogen-bond acceptors (Lipinski definition) is 6. The Morgan fingerprint density at radius 2 is 1.66 bits per heavy atom. The molecular weight excluding hydrogens is 392 g/mol. The Hall–Kier alpha value is -3.00. The number of methoxy groups -OCH3 is 2. The fourth-order valence-corrected chi connectivity index (χ4v) is 3.70. The summed E-state index contributed by atoms with van der Waals surface area (Å²) in [4.78, 5) is 39.8. The number of fused-ring (bicyclic) bond motifs is 1. The lowest BCUT2D eigenvalue weighted by Gasteiger charge is -2.25. The van der Waals surface area contributed by atoms with Crippen molar-refractivity contribution in [2.45, 2.75) is 12.5 Å². The monoisotopic (exact) mass is 414 g/mol. The number of anilines is 1. The molecule has 1 aliphatic heterocycles. The number of nitrogens with one attached hydrogen (secondary N) is 1. The standard InChI is InChI=1S/C21H22N2O5S/c1-27-17-9-8-13(12-18(17)28-2)22-19(24)16(10-11-29-3)23-20(25)14-6-4-5-7-15(14)21(23)26/h4-9,12,16H,10-11H2,1-3H3,(H,22,24). The molecule has 0 aliphatic carbocycles. The zero-order valence-electron chi connectivity index (χ0n) is 16.4. The molecule has 1 aliphatic rings. The fourth-order valence-electron chi connectivity index (χ4n) is 3.24. The molecule has 0 aromatic heterocycles. The third-order valence-corrected chi connectivity index (χ3v) is 5.33. The van der Waals surface area contributed by atoms with Crippen molar-refractivity contribution in [1.82, 2.24) is 4.90 Å². The fraction of sp³-hybridized carbons (Fsp3) is 0.286. The number of amides is 3. The third kappa shape index (κ3) is 4.07. The van der Waals surface area contributed by atoms with Crippen molar-refractivity contribution >= 4 is 35.2 Å². The first-order valence-corrected chi connectivity index (χ1v) is 10.4. The molecule has 0 fully saturated rings. The van der Waals surface area contributed by atoms with Crippen LogP contribution in [0.2, 0.25) is 0 Å². The second kappa shape index (κ2) is 9.00. The van der Waals surface area contributed by atoms with Gasteiger partial charge in [-0.25, -0.2) is 0 Å². The van der Waals surface area contributed by atoms with E-state index in [4.69, 9.17) is 9.47 Å². The summed E-state index contributed by atoms with van der Waals surface area (Å²) >= 11 is 1.54. The molecule has 29 heavy (non-hydrogen) atoms. The quantitative estimate of drug-likeness (QED) is 0.669. The van der Waals surface area contributed by atoms with E-state index in [0.717, 1.165) is 4.90 Å². The molecule has 1 unspecified atom stereocenters. The van der Waals surface area contributed by atoms with Crippen LogP contribution in [0, 0.1) is 0 Å². The van der Waals surface area contributed by atoms with Gasteiger partial charge < -0.3 is 14.8 Å². The molecule has 152 valence electrons. The van der Waals surface area contributed by atoms with Crippen LogP contribution in [0.25, 0.3) is 0 Å². The zero-order valence-corrected chi connectivity index (χ0v) is 17.2. The van der Waals surface area contributed by atoms with Gasteiger partial charge >= 0.3 is 0 Å². The summed E-state index contributed by atoms with van der Waals surface area (Å²) in [5.41, 5.74) is 1.13. The predicted octanol–water partition coefficient (Wildman–Crippen LogP) is 3.06. The molecule has 0 saturated carbocycles. The SMILES string of the molecule is COc1ccc(NC(=O)C(CCSC)N2C(=O)c3ccccc3C2=O)cc1OC. The molecular formula is C21H22N2O5S. The van der Waals surface area contributed by atoms with E-state index in [1.807, 2.05) is 6.26 Å². The molecule has 1 atom stereocenters. The summed E-state index contributed by atoms with van der Waals surface area (Å²) in [6.07, 6.45) is 2.26. The van der Waals surface area contributed by atoms with Crippen molar-refractivity contribution in [2.75, 3.05) is 31.5 Å². The lowest BCUT2D eigenvalue weighted by atomic mass is 10.1. The topological polar surface area (TPSA) is 84.9 Å². The summed E-state index contributed by atoms with van der Waals surface area (Å²) < 4.78 is 10.5. The van der Waals surface area contributed by atoms with Gasteiger partial charge in [-0.3, -0.25) is 19.3 Å². The lowest BCUT2D eigenvalue weighted by molar-refractivity contribution is -0.120. The first-order chi connectivity index (χ1) is 14.0. The smallest absolute Gasteiger partial charge is 0.262 e. The van der Waals surface area contributed by atoms with Gasteiger partial charge in [-0.15, -0.1) is 0 Å². The molecule has 1 heterocycles. The molecule has 8 heteroatoms. The maximum Gasteiger partial charge on any atom is 0.262 e. The highest BCUT2D eigenvalue weighted by atomic mass is 32.2. The van der Waals surface area contributed by atoms with Crippen LogP contribution < -0.4 is 14.8 Å². The van der Waals surface area contributed by atoms with Crippen molar-refractivity contribution in [1.29, 1.82) is 0 Å². The number of benzene rings is 2. The van der Waals surface area contributed by atoms with Crippen LogP contribution in [-0.2, 0) is 4.79 Å². The molecule has 7 nitrogen and oxygen atoms in total. The highest BCUT2D eigenvalue weighted by Gasteiger charge is 2.42. The average Bonchev–Trinajstić information content (AvgIpc) is 2.99. The van der Waals surface area contributed by atoms with E-state index >= 15 is 0 Å². The Kier molecular flexibility index (Phi) is 6.43. The summed E-state index contributed by atoms with van der Waals surface area (Å²) in [6, 6.07) is 10.7. The van der Waals surface area contributed by atoms with E-state index in [1.54, 1.807) is 54.2 Å². The third-order valence-electron chi connectivity index (χ3n) is 4.69. The van der Waals surface area contributed by atoms with Crippen molar-refractivity contribution < 1.29 is 23.9 Å². The molecule has 0 spiro atoms. The molecule has 0 saturated heterocycles. The van der Waals surface area contributed by atoms with Gasteiger partial charge in [0.2, 0.25) is 5.91 Å². The van der Waals surface area contributed by atoms with E-state index in [0.29, 0.717) is 40.5 Å². The summed E-state index contributed by atoms with van der Waals surface area (Å²) in [5.74, 6) is 0.299. The first-order valence-electron chi connectivity index (χ1n) is 9.00. The second-order valence-electron chi connectivity index (χ2n) is 6.38. The molecule has 2 aromatic carbocycles. The molecule has 0 bridgehead atoms. The van der Waals surface area contributed by atoms with Crippen molar-refractivity contribution in [3.63, 3.8) is 0 Å². The number of ether oxygens (including phenoxy) is 2. The predicted molar refractivity (Wildman–Crippen MR) is 112 cm³/mol. The Bertz CT molecular complexity index is 911. The Labute approximate surface area is 173 Å². The molecule has 3 amide bonds. The zero-order chi connectivity index (χ0) is 21.0. The Morgan fingerprint density at radius 3 is 2.21 bits per heavy atom. The number of carbonyl (C=O) groups excluding carboxylic acids is 3. The second-order valence-corrected chi connectivity index (χ2v) is 7.37. The van der Waals surface area contributed by atoms with E-state index < -0.39 is 23.8 Å². The van der Waals surface area contributed by atoms with Gasteiger partial charge in [-0.05, 0) is 42.7 Å². The molecule has 2 aromatic rings. The number of hydrogen-bond donors (Lipinski definition) is 1. The van der Waals surface area contributed by atoms with E-state index in [1.165, 1.54) is 14.2 Å². The largest absolute Gasteiger partial charge is 0.493 e. The van der Waals surface area contributed by atoms with E-state index in [-0.39, 0.29) is 0 Å². The normalized spacial score (nSPS) is 13.8. The highest BCUT2D eigenvalue weighted by Crippen LogP contribution is 2.31. The van der Waals surface area contributed by atoms with Gasteiger partial charge in [0.1, 0.15) is 6.04 Å². The minimum absolute atomic E-state index is 0.325. The highest BCUT2D eigenvalue weighted by molar-refractivity contribution is 7.98. The van der Waals surface area contributed by atoms with Gasteiger partial charge in [0.25, 0.3) is 11.8 Å². The van der Waals surface area contributed by atoms with Gasteiger partial charge in [-0.2, -0.15) is 11.8 Å². The van der Waals surface area contributed by atoms with Crippen LogP contribution in [0.1, 0.15) is 27.1 Å². The lowest BCUT2D eigenvalue weighted by Crippen LogP contribution is -2.47. The van der Waals surface area contributed by atoms with Gasteiger partial charge in [-0.1, -0.05) is 12.1 Å². The molecule has 0 radical (unpaired) electrons. The molecule has 3 rings (SSSR count). The average molecular weight is 414 g/mol. The van der Waals surface area contributed by atoms with Gasteiger partial charge in [0.15, 0.2) is 11.5 Å². The number of carbonyl (C=O) groups is 3. The van der Waals surface area contributed by atoms with Crippen LogP contribution in [0.15, 0.2) is 42.5 Å². The summed E-state index contributed by atoms with van der Waals surface area (Å²) in [6.45, 7) is 0. The van der Waals surface area contributed by atoms with E-state index in [9.17, 15) is 14.4 Å². The maximum absolute atomic E-state index is 13.1. The van der Waals surface area contributed by atoms with Crippen LogP contribution in [0.4, 0.5) is 5.69 Å². The van der Waals surface area contributed by atoms with Crippen LogP contribution in [0.5, 0.6) is 11.5 Å². The Balaban J connectivity index is 1.87. The van der Waals surface area contributed by atoms with Crippen LogP contribution in [0.3, 0.4) is 0 Å². The van der Waals surface area contributed by atoms with Crippen molar-refractivity contribution in [3.05, 3.63) is 53.6 Å². The molecule has 1 N–H and O–H groups in total. The number of nitrogens with zero attached hydrogens (tertiary/aromatic N) is 1. The van der Waals surface area contributed by atoms with Gasteiger partial charge in [0.05, 0.1) is 25.3 Å². The van der Waals surface area contributed by atoms with Gasteiger partial charge in [0, 0.05) is 11.8 Å². The van der Waals surface area contributed by atoms with E-state index in [2.05, 4.69) is 5.32 Å². The van der Waals surface area contributed by atoms with Crippen LogP contribution >= 0.6 is 11.8 Å². The summed E-state index contributed by atoms with van der Waals surface area (Å²) in [7, 11) is 3.03. The van der Waals surface area contributed by atoms with Crippen molar-refractivity contribution in [3.8, 4) is 11.5 Å². The first kappa shape index (κ1) is 20.7. The number of thioether (sulfide) groups is 1. The minimum atomic E-state index is -0.914. The number of rotatable bonds is 8. The maximum atomic E-state index is 13.1. The van der Waals surface area contributed by atoms with Crippen molar-refractivity contribution in [2.24, 2.45) is 0 Å². The Morgan fingerprint density at radius 1 is 1.03 bits per heavy atom. The number of imide groups is 1. The minimum Gasteiger partial charge on any atom is -0.493 e. The summed E-state index contributed by atoms with van der Waals surface area (Å²) in [5, 5.41) is 2.79.